The maximum Gasteiger partial charge on any atom is 0.0940 e. The number of methoxy groups -OCH3 is 1. The van der Waals surface area contributed by atoms with Crippen LogP contribution < -0.4 is 0 Å². The second kappa shape index (κ2) is 5.19. The summed E-state index contributed by atoms with van der Waals surface area (Å²) >= 11 is 6.29. The summed E-state index contributed by atoms with van der Waals surface area (Å²) in [4.78, 5) is 0. The largest absolute Gasteiger partial charge is 0.390 e. The van der Waals surface area contributed by atoms with Gasteiger partial charge in [-0.3, -0.25) is 4.68 Å². The van der Waals surface area contributed by atoms with Gasteiger partial charge in [0.1, 0.15) is 0 Å². The Bertz CT molecular complexity index is 421. The maximum atomic E-state index is 10.4. The molecule has 1 aliphatic rings. The fourth-order valence-corrected chi connectivity index (χ4v) is 2.98. The zero-order chi connectivity index (χ0) is 13.3. The van der Waals surface area contributed by atoms with Gasteiger partial charge < -0.3 is 9.84 Å². The molecule has 0 radical (unpaired) electrons. The van der Waals surface area contributed by atoms with E-state index < -0.39 is 6.10 Å². The Hall–Kier alpha value is -0.580. The molecule has 4 nitrogen and oxygen atoms in total. The number of halogens is 1. The van der Waals surface area contributed by atoms with Crippen LogP contribution in [0.1, 0.15) is 37.6 Å². The normalized spacial score (nSPS) is 19.6. The first-order chi connectivity index (χ1) is 8.54. The molecular formula is C13H21ClN2O2. The van der Waals surface area contributed by atoms with Crippen LogP contribution in [0.15, 0.2) is 0 Å². The van der Waals surface area contributed by atoms with Gasteiger partial charge in [0.15, 0.2) is 0 Å². The molecule has 1 unspecified atom stereocenters. The van der Waals surface area contributed by atoms with E-state index in [-0.39, 0.29) is 5.60 Å². The van der Waals surface area contributed by atoms with E-state index in [2.05, 4.69) is 5.10 Å². The Morgan fingerprint density at radius 1 is 1.56 bits per heavy atom. The van der Waals surface area contributed by atoms with E-state index in [1.165, 1.54) is 0 Å². The molecule has 0 aromatic carbocycles. The smallest absolute Gasteiger partial charge is 0.0940 e. The van der Waals surface area contributed by atoms with Crippen molar-refractivity contribution < 1.29 is 9.84 Å². The van der Waals surface area contributed by atoms with Crippen LogP contribution in [-0.4, -0.2) is 33.7 Å². The Morgan fingerprint density at radius 3 is 2.61 bits per heavy atom. The molecule has 1 aromatic heterocycles. The molecule has 5 heteroatoms. The van der Waals surface area contributed by atoms with Gasteiger partial charge in [0.05, 0.1) is 28.1 Å². The number of aromatic nitrogens is 2. The number of aliphatic hydroxyl groups excluding tert-OH is 1. The molecule has 0 amide bonds. The molecule has 2 rings (SSSR count). The molecular weight excluding hydrogens is 252 g/mol. The summed E-state index contributed by atoms with van der Waals surface area (Å²) in [6, 6.07) is 0. The Labute approximate surface area is 113 Å². The minimum absolute atomic E-state index is 0.375. The highest BCUT2D eigenvalue weighted by atomic mass is 35.5. The molecule has 0 spiro atoms. The molecule has 1 heterocycles. The van der Waals surface area contributed by atoms with E-state index >= 15 is 0 Å². The lowest BCUT2D eigenvalue weighted by Crippen LogP contribution is -2.51. The summed E-state index contributed by atoms with van der Waals surface area (Å²) in [5, 5.41) is 15.4. The van der Waals surface area contributed by atoms with Crippen molar-refractivity contribution >= 4 is 11.6 Å². The third kappa shape index (κ3) is 2.17. The lowest BCUT2D eigenvalue weighted by atomic mass is 9.74. The van der Waals surface area contributed by atoms with Crippen molar-refractivity contribution in [3.63, 3.8) is 0 Å². The number of nitrogens with zero attached hydrogens (tertiary/aromatic N) is 2. The Morgan fingerprint density at radius 2 is 2.22 bits per heavy atom. The van der Waals surface area contributed by atoms with E-state index in [0.717, 1.165) is 37.1 Å². The van der Waals surface area contributed by atoms with Crippen molar-refractivity contribution in [2.45, 2.75) is 50.7 Å². The van der Waals surface area contributed by atoms with Gasteiger partial charge in [0, 0.05) is 20.6 Å². The predicted octanol–water partition coefficient (Wildman–Crippen LogP) is 2.11. The van der Waals surface area contributed by atoms with E-state index in [4.69, 9.17) is 16.3 Å². The van der Waals surface area contributed by atoms with Crippen molar-refractivity contribution in [1.82, 2.24) is 9.78 Å². The maximum absolute atomic E-state index is 10.4. The second-order valence-electron chi connectivity index (χ2n) is 5.03. The van der Waals surface area contributed by atoms with Crippen molar-refractivity contribution in [1.29, 1.82) is 0 Å². The third-order valence-electron chi connectivity index (χ3n) is 4.10. The molecule has 1 aliphatic carbocycles. The molecule has 1 atom stereocenters. The van der Waals surface area contributed by atoms with Crippen LogP contribution in [-0.2, 0) is 24.6 Å². The number of ether oxygens (including phenoxy) is 1. The zero-order valence-electron chi connectivity index (χ0n) is 11.2. The summed E-state index contributed by atoms with van der Waals surface area (Å²) < 4.78 is 7.27. The zero-order valence-corrected chi connectivity index (χ0v) is 12.0. The summed E-state index contributed by atoms with van der Waals surface area (Å²) in [7, 11) is 3.54. The fourth-order valence-electron chi connectivity index (χ4n) is 2.61. The average Bonchev–Trinajstić information content (AvgIpc) is 2.56. The number of aryl methyl sites for hydroxylation is 2. The van der Waals surface area contributed by atoms with Crippen LogP contribution in [0, 0.1) is 0 Å². The molecule has 102 valence electrons. The lowest BCUT2D eigenvalue weighted by Gasteiger charge is -2.44. The van der Waals surface area contributed by atoms with Crippen molar-refractivity contribution in [2.24, 2.45) is 7.05 Å². The third-order valence-corrected chi connectivity index (χ3v) is 4.54. The molecule has 0 aliphatic heterocycles. The summed E-state index contributed by atoms with van der Waals surface area (Å²) in [5.41, 5.74) is 1.41. The van der Waals surface area contributed by atoms with Gasteiger partial charge in [0.25, 0.3) is 0 Å². The molecule has 0 saturated heterocycles. The van der Waals surface area contributed by atoms with Crippen LogP contribution in [0.3, 0.4) is 0 Å². The van der Waals surface area contributed by atoms with E-state index in [1.54, 1.807) is 11.8 Å². The van der Waals surface area contributed by atoms with Crippen LogP contribution in [0.4, 0.5) is 0 Å². The highest BCUT2D eigenvalue weighted by Crippen LogP contribution is 2.39. The number of aliphatic hydroxyl groups is 1. The first-order valence-corrected chi connectivity index (χ1v) is 6.85. The van der Waals surface area contributed by atoms with Gasteiger partial charge in [-0.25, -0.2) is 0 Å². The van der Waals surface area contributed by atoms with Crippen molar-refractivity contribution in [3.05, 3.63) is 16.4 Å². The quantitative estimate of drug-likeness (QED) is 0.893. The Kier molecular flexibility index (Phi) is 3.99. The first-order valence-electron chi connectivity index (χ1n) is 6.47. The second-order valence-corrected chi connectivity index (χ2v) is 5.40. The van der Waals surface area contributed by atoms with E-state index in [9.17, 15) is 5.11 Å². The average molecular weight is 273 g/mol. The highest BCUT2D eigenvalue weighted by molar-refractivity contribution is 6.31. The van der Waals surface area contributed by atoms with Gasteiger partial charge in [-0.15, -0.1) is 0 Å². The van der Waals surface area contributed by atoms with Crippen LogP contribution >= 0.6 is 11.6 Å². The molecule has 1 fully saturated rings. The van der Waals surface area contributed by atoms with Crippen LogP contribution in [0.2, 0.25) is 5.02 Å². The lowest BCUT2D eigenvalue weighted by molar-refractivity contribution is -0.149. The predicted molar refractivity (Wildman–Crippen MR) is 70.9 cm³/mol. The monoisotopic (exact) mass is 272 g/mol. The van der Waals surface area contributed by atoms with Crippen molar-refractivity contribution in [3.8, 4) is 0 Å². The van der Waals surface area contributed by atoms with Gasteiger partial charge >= 0.3 is 0 Å². The first kappa shape index (κ1) is 13.8. The molecule has 1 saturated carbocycles. The van der Waals surface area contributed by atoms with Gasteiger partial charge in [-0.2, -0.15) is 5.10 Å². The molecule has 0 bridgehead atoms. The van der Waals surface area contributed by atoms with E-state index in [1.807, 2.05) is 14.0 Å². The summed E-state index contributed by atoms with van der Waals surface area (Å²) in [6.45, 7) is 2.02. The number of hydrogen-bond acceptors (Lipinski definition) is 3. The molecule has 18 heavy (non-hydrogen) atoms. The van der Waals surface area contributed by atoms with E-state index in [0.29, 0.717) is 11.4 Å². The number of hydrogen-bond donors (Lipinski definition) is 1. The van der Waals surface area contributed by atoms with Crippen molar-refractivity contribution in [2.75, 3.05) is 7.11 Å². The number of rotatable bonds is 5. The topological polar surface area (TPSA) is 47.3 Å². The van der Waals surface area contributed by atoms with Gasteiger partial charge in [-0.1, -0.05) is 18.5 Å². The molecule has 1 N–H and O–H groups in total. The van der Waals surface area contributed by atoms with Crippen LogP contribution in [0.5, 0.6) is 0 Å². The minimum atomic E-state index is -0.520. The minimum Gasteiger partial charge on any atom is -0.390 e. The van der Waals surface area contributed by atoms with Gasteiger partial charge in [0.2, 0.25) is 0 Å². The van der Waals surface area contributed by atoms with Crippen LogP contribution in [0.25, 0.3) is 0 Å². The molecule has 1 aromatic rings. The fraction of sp³-hybridized carbons (Fsp3) is 0.769. The Balaban J connectivity index is 2.16. The SMILES string of the molecule is CCc1nn(C)c(CC(O)C2(OC)CCC2)c1Cl. The van der Waals surface area contributed by atoms with Gasteiger partial charge in [-0.05, 0) is 25.7 Å². The standard InChI is InChI=1S/C13H21ClN2O2/c1-4-9-12(14)10(16(2)15-9)8-11(17)13(18-3)6-5-7-13/h11,17H,4-8H2,1-3H3. The summed E-state index contributed by atoms with van der Waals surface area (Å²) in [5.74, 6) is 0. The summed E-state index contributed by atoms with van der Waals surface area (Å²) in [6.07, 6.45) is 3.73. The highest BCUT2D eigenvalue weighted by Gasteiger charge is 2.44.